The van der Waals surface area contributed by atoms with Crippen LogP contribution in [0.3, 0.4) is 0 Å². The van der Waals surface area contributed by atoms with Crippen molar-refractivity contribution in [1.29, 1.82) is 0 Å². The number of benzene rings is 7. The predicted molar refractivity (Wildman–Crippen MR) is 252 cm³/mol. The molecule has 0 bridgehead atoms. The van der Waals surface area contributed by atoms with Crippen LogP contribution in [0.15, 0.2) is 171 Å². The standard InChI is InChI=1S/C42H29N11O15S4.4Na/c43-28-19-29(44)38(53(55)56)20-36(28)51-49-34-14-16-39(71(63,64)65)26-8-9-35(42(54)41(26)34)50-48-33-13-12-32(25-7-5-21(17-27(25)33)69(57,58)59)46-45-30-10-11-31(24-4-2-1-3-23(24)30)47-52-37-18-22(70(60,61)62)6-15-40(37)72(66,67)68;;;;/h1-20,48H,43-44H2,(H,57,58,59)(H,60,61,62)(H,63,64,65)(H,66,67,68);;;;/q;4*+1/p-4/b46-45?,50-35+,51-49?,52-47?;;;;. The Morgan fingerprint density at radius 1 is 0.474 bits per heavy atom. The van der Waals surface area contributed by atoms with Crippen molar-refractivity contribution >= 4 is 136 Å². The quantitative estimate of drug-likeness (QED) is 0.0245. The van der Waals surface area contributed by atoms with E-state index in [1.54, 1.807) is 24.3 Å². The van der Waals surface area contributed by atoms with Gasteiger partial charge in [-0.25, -0.2) is 33.7 Å². The van der Waals surface area contributed by atoms with Gasteiger partial charge in [-0.3, -0.25) is 20.3 Å². The monoisotopic (exact) mass is 1140 g/mol. The number of anilines is 3. The Balaban J connectivity index is 0.00000312. The second-order valence-electron chi connectivity index (χ2n) is 14.9. The molecular weight excluding hydrogens is 1120 g/mol. The number of carbonyl (C=O) groups excluding carboxylic acids is 1. The summed E-state index contributed by atoms with van der Waals surface area (Å²) < 4.78 is 144. The number of nitrogens with zero attached hydrogens (tertiary/aromatic N) is 8. The second-order valence-corrected chi connectivity index (χ2v) is 20.4. The Bertz CT molecular complexity index is 4190. The number of hydrogen-bond acceptors (Lipinski definition) is 25. The summed E-state index contributed by atoms with van der Waals surface area (Å²) in [6, 6.07) is 20.9. The van der Waals surface area contributed by atoms with Crippen molar-refractivity contribution < 1.29 is 180 Å². The minimum absolute atomic E-state index is 0. The molecule has 1 aliphatic rings. The van der Waals surface area contributed by atoms with Gasteiger partial charge in [-0.2, -0.15) is 5.10 Å². The molecule has 34 heteroatoms. The molecule has 366 valence electrons. The summed E-state index contributed by atoms with van der Waals surface area (Å²) in [6.07, 6.45) is 2.16. The van der Waals surface area contributed by atoms with Crippen LogP contribution in [0, 0.1) is 10.1 Å². The smallest absolute Gasteiger partial charge is 0.744 e. The van der Waals surface area contributed by atoms with Crippen LogP contribution < -0.4 is 135 Å². The first-order chi connectivity index (χ1) is 33.8. The van der Waals surface area contributed by atoms with E-state index in [-0.39, 0.29) is 180 Å². The number of nitrogen functional groups attached to an aromatic ring is 2. The molecule has 5 N–H and O–H groups in total. The van der Waals surface area contributed by atoms with Gasteiger partial charge in [-0.05, 0) is 78.9 Å². The van der Waals surface area contributed by atoms with E-state index in [1.165, 1.54) is 30.3 Å². The number of Topliss-reactive ketones (excluding diaryl/α,β-unsaturated/α-hetero) is 1. The van der Waals surface area contributed by atoms with Gasteiger partial charge >= 0.3 is 118 Å². The molecule has 0 saturated heterocycles. The van der Waals surface area contributed by atoms with E-state index in [2.05, 4.69) is 41.2 Å². The Kier molecular flexibility index (Phi) is 21.0. The number of hydrogen-bond donors (Lipinski definition) is 3. The zero-order chi connectivity index (χ0) is 52.1. The molecule has 0 spiro atoms. The van der Waals surface area contributed by atoms with Crippen molar-refractivity contribution in [2.45, 2.75) is 19.6 Å². The van der Waals surface area contributed by atoms with Crippen molar-refractivity contribution in [2.75, 3.05) is 16.9 Å². The summed E-state index contributed by atoms with van der Waals surface area (Å²) in [5.41, 5.74) is 11.1. The van der Waals surface area contributed by atoms with Crippen LogP contribution in [0.25, 0.3) is 27.6 Å². The molecule has 0 radical (unpaired) electrons. The number of nitro benzene ring substituents is 1. The number of ketones is 1. The van der Waals surface area contributed by atoms with Gasteiger partial charge in [0.05, 0.1) is 64.2 Å². The van der Waals surface area contributed by atoms with E-state index >= 15 is 0 Å². The molecule has 0 aromatic heterocycles. The van der Waals surface area contributed by atoms with Crippen molar-refractivity contribution in [1.82, 2.24) is 0 Å². The molecule has 76 heavy (non-hydrogen) atoms. The van der Waals surface area contributed by atoms with Gasteiger partial charge in [0, 0.05) is 33.2 Å². The third kappa shape index (κ3) is 14.0. The normalized spacial score (nSPS) is 13.3. The van der Waals surface area contributed by atoms with Gasteiger partial charge in [0.2, 0.25) is 5.78 Å². The summed E-state index contributed by atoms with van der Waals surface area (Å²) in [5.74, 6) is -1.00. The Labute approximate surface area is 518 Å². The zero-order valence-corrected chi connectivity index (χ0v) is 50.8. The molecule has 0 unspecified atom stereocenters. The van der Waals surface area contributed by atoms with Gasteiger partial charge in [-0.15, -0.1) is 30.7 Å². The molecule has 26 nitrogen and oxygen atoms in total. The summed E-state index contributed by atoms with van der Waals surface area (Å²) in [5, 5.41) is 41.0. The molecule has 0 heterocycles. The molecule has 7 aromatic carbocycles. The fourth-order valence-corrected chi connectivity index (χ4v) is 9.34. The Hall–Kier alpha value is -4.62. The van der Waals surface area contributed by atoms with Gasteiger partial charge in [-0.1, -0.05) is 36.4 Å². The fraction of sp³-hybridized carbons (Fsp3) is 0. The maximum atomic E-state index is 14.1. The number of nitrogens with two attached hydrogens (primary N) is 2. The average molecular weight is 1140 g/mol. The van der Waals surface area contributed by atoms with Gasteiger partial charge in [0.1, 0.15) is 63.2 Å². The molecule has 0 fully saturated rings. The van der Waals surface area contributed by atoms with Crippen molar-refractivity contribution in [3.05, 3.63) is 137 Å². The summed E-state index contributed by atoms with van der Waals surface area (Å²) >= 11 is 0. The van der Waals surface area contributed by atoms with Crippen LogP contribution >= 0.6 is 0 Å². The average Bonchev–Trinajstić information content (AvgIpc) is 3.30. The number of allylic oxidation sites excluding steroid dienone is 1. The van der Waals surface area contributed by atoms with Crippen LogP contribution in [0.4, 0.5) is 56.9 Å². The predicted octanol–water partition coefficient (Wildman–Crippen LogP) is -4.38. The number of nitrogens with one attached hydrogen (secondary N) is 1. The molecule has 1 aliphatic carbocycles. The number of fused-ring (bicyclic) bond motifs is 3. The third-order valence-electron chi connectivity index (χ3n) is 10.4. The largest absolute Gasteiger partial charge is 1.00 e. The Morgan fingerprint density at radius 2 is 0.947 bits per heavy atom. The first-order valence-electron chi connectivity index (χ1n) is 19.7. The summed E-state index contributed by atoms with van der Waals surface area (Å²) in [4.78, 5) is 21.5. The number of azo groups is 3. The van der Waals surface area contributed by atoms with Gasteiger partial charge < -0.3 is 29.7 Å². The van der Waals surface area contributed by atoms with Crippen molar-refractivity contribution in [3.63, 3.8) is 0 Å². The van der Waals surface area contributed by atoms with Crippen molar-refractivity contribution in [3.8, 4) is 0 Å². The van der Waals surface area contributed by atoms with E-state index < -0.39 is 93.4 Å². The number of nitro groups is 1. The second kappa shape index (κ2) is 25.0. The topological polar surface area (TPSA) is 440 Å². The SMILES string of the molecule is Nc1cc(N)c([N+](=O)[O-])cc1N=Nc1ccc(S(=O)(=O)[O-])c2c1C(=O)/C(=N/Nc1ccc(N=Nc3ccc(N=Nc4cc(S(=O)(=O)[O-])ccc4S(=O)(=O)[O-])c4ccccc34)c3ccc(S(=O)(=O)[O-])cc13)C=C2.[Na+].[Na+].[Na+].[Na+]. The maximum Gasteiger partial charge on any atom is 1.00 e. The molecular formula is C42H25N11Na4O15S4. The number of carbonyl (C=O) groups is 1. The third-order valence-corrected chi connectivity index (χ3v) is 13.8. The molecule has 7 aromatic rings. The van der Waals surface area contributed by atoms with Crippen LogP contribution in [0.1, 0.15) is 15.9 Å². The molecule has 0 aliphatic heterocycles. The van der Waals surface area contributed by atoms with Crippen molar-refractivity contribution in [2.24, 2.45) is 35.8 Å². The van der Waals surface area contributed by atoms with E-state index in [0.29, 0.717) is 29.0 Å². The first kappa shape index (κ1) is 63.9. The van der Waals surface area contributed by atoms with Crippen LogP contribution in [-0.4, -0.2) is 68.3 Å². The van der Waals surface area contributed by atoms with Crippen LogP contribution in [0.5, 0.6) is 0 Å². The summed E-state index contributed by atoms with van der Waals surface area (Å²) in [6.45, 7) is 0. The number of hydrazone groups is 1. The van der Waals surface area contributed by atoms with Gasteiger partial charge in [0.15, 0.2) is 0 Å². The number of rotatable bonds is 13. The van der Waals surface area contributed by atoms with E-state index in [4.69, 9.17) is 11.5 Å². The molecule has 8 rings (SSSR count). The zero-order valence-electron chi connectivity index (χ0n) is 39.5. The maximum absolute atomic E-state index is 14.1. The molecule has 0 atom stereocenters. The van der Waals surface area contributed by atoms with E-state index in [0.717, 1.165) is 48.6 Å². The van der Waals surface area contributed by atoms with E-state index in [1.807, 2.05) is 0 Å². The molecule has 0 saturated carbocycles. The van der Waals surface area contributed by atoms with Crippen LogP contribution in [-0.2, 0) is 40.5 Å². The minimum atomic E-state index is -5.20. The Morgan fingerprint density at radius 3 is 1.50 bits per heavy atom. The molecule has 0 amide bonds. The minimum Gasteiger partial charge on any atom is -0.744 e. The summed E-state index contributed by atoms with van der Waals surface area (Å²) in [7, 11) is -20.5. The fourth-order valence-electron chi connectivity index (χ4n) is 7.08. The van der Waals surface area contributed by atoms with Gasteiger partial charge in [0.25, 0.3) is 5.69 Å². The van der Waals surface area contributed by atoms with E-state index in [9.17, 15) is 66.8 Å². The first-order valence-corrected chi connectivity index (χ1v) is 25.3. The van der Waals surface area contributed by atoms with Crippen LogP contribution in [0.2, 0.25) is 0 Å².